The highest BCUT2D eigenvalue weighted by atomic mass is 16.5. The van der Waals surface area contributed by atoms with Crippen molar-refractivity contribution in [1.82, 2.24) is 14.3 Å². The van der Waals surface area contributed by atoms with Gasteiger partial charge in [-0.1, -0.05) is 0 Å². The van der Waals surface area contributed by atoms with Crippen molar-refractivity contribution in [3.63, 3.8) is 0 Å². The Kier molecular flexibility index (Phi) is 4.44. The van der Waals surface area contributed by atoms with Crippen molar-refractivity contribution in [1.29, 1.82) is 0 Å². The van der Waals surface area contributed by atoms with Gasteiger partial charge >= 0.3 is 0 Å². The number of hydrogen-bond acceptors (Lipinski definition) is 4. The van der Waals surface area contributed by atoms with E-state index in [2.05, 4.69) is 48.6 Å². The number of hydrogen-bond donors (Lipinski definition) is 0. The van der Waals surface area contributed by atoms with E-state index in [0.29, 0.717) is 5.75 Å². The first kappa shape index (κ1) is 16.3. The van der Waals surface area contributed by atoms with Crippen LogP contribution in [0.15, 0.2) is 36.5 Å². The average Bonchev–Trinajstić information content (AvgIpc) is 2.91. The number of imidazole rings is 1. The van der Waals surface area contributed by atoms with E-state index in [-0.39, 0.29) is 0 Å². The summed E-state index contributed by atoms with van der Waals surface area (Å²) in [7, 11) is 7.41. The number of aromatic nitrogens is 2. The maximum absolute atomic E-state index is 5.44. The molecule has 0 saturated carbocycles. The van der Waals surface area contributed by atoms with E-state index in [0.717, 1.165) is 34.9 Å². The molecule has 24 heavy (non-hydrogen) atoms. The van der Waals surface area contributed by atoms with Gasteiger partial charge in [-0.2, -0.15) is 0 Å². The molecular weight excluding hydrogens is 302 g/mol. The minimum atomic E-state index is 0.707. The Morgan fingerprint density at radius 1 is 1.04 bits per heavy atom. The highest BCUT2D eigenvalue weighted by molar-refractivity contribution is 5.69. The van der Waals surface area contributed by atoms with Gasteiger partial charge in [0, 0.05) is 18.3 Å². The van der Waals surface area contributed by atoms with Crippen LogP contribution in [0.25, 0.3) is 16.9 Å². The van der Waals surface area contributed by atoms with Crippen molar-refractivity contribution in [2.24, 2.45) is 0 Å². The van der Waals surface area contributed by atoms with Gasteiger partial charge in [-0.3, -0.25) is 0 Å². The smallest absolute Gasteiger partial charge is 0.161 e. The first-order valence-corrected chi connectivity index (χ1v) is 7.88. The molecule has 1 aromatic carbocycles. The van der Waals surface area contributed by atoms with Gasteiger partial charge in [-0.15, -0.1) is 0 Å². The third kappa shape index (κ3) is 2.95. The largest absolute Gasteiger partial charge is 0.493 e. The molecule has 0 amide bonds. The number of benzene rings is 1. The van der Waals surface area contributed by atoms with Gasteiger partial charge in [0.05, 0.1) is 25.6 Å². The van der Waals surface area contributed by atoms with E-state index >= 15 is 0 Å². The molecule has 3 rings (SSSR count). The van der Waals surface area contributed by atoms with E-state index in [1.54, 1.807) is 14.2 Å². The van der Waals surface area contributed by atoms with Crippen molar-refractivity contribution in [2.75, 3.05) is 28.3 Å². The Morgan fingerprint density at radius 2 is 1.79 bits per heavy atom. The summed E-state index contributed by atoms with van der Waals surface area (Å²) in [6.45, 7) is 2.88. The Morgan fingerprint density at radius 3 is 2.46 bits per heavy atom. The molecule has 5 nitrogen and oxygen atoms in total. The molecule has 0 aliphatic heterocycles. The molecule has 126 valence electrons. The third-order valence-corrected chi connectivity index (χ3v) is 4.00. The van der Waals surface area contributed by atoms with Gasteiger partial charge in [0.15, 0.2) is 11.5 Å². The summed E-state index contributed by atoms with van der Waals surface area (Å²) in [5, 5.41) is 0. The number of ether oxygens (including phenoxy) is 2. The fourth-order valence-electron chi connectivity index (χ4n) is 2.86. The van der Waals surface area contributed by atoms with Crippen LogP contribution >= 0.6 is 0 Å². The molecule has 0 unspecified atom stereocenters. The molecule has 0 aliphatic carbocycles. The SMILES string of the molecule is COc1ccc(-c2nc3cc(C)ccn3c2CN(C)C)cc1OC. The fourth-order valence-corrected chi connectivity index (χ4v) is 2.86. The Labute approximate surface area is 142 Å². The molecule has 0 N–H and O–H groups in total. The van der Waals surface area contributed by atoms with Gasteiger partial charge < -0.3 is 18.8 Å². The third-order valence-electron chi connectivity index (χ3n) is 4.00. The maximum atomic E-state index is 5.44. The molecule has 0 saturated heterocycles. The predicted octanol–water partition coefficient (Wildman–Crippen LogP) is 3.39. The highest BCUT2D eigenvalue weighted by Crippen LogP contribution is 2.34. The molecule has 2 heterocycles. The second-order valence-corrected chi connectivity index (χ2v) is 6.15. The molecule has 2 aromatic heterocycles. The van der Waals surface area contributed by atoms with E-state index in [4.69, 9.17) is 14.5 Å². The fraction of sp³-hybridized carbons (Fsp3) is 0.316. The summed E-state index contributed by atoms with van der Waals surface area (Å²) in [4.78, 5) is 7.01. The summed E-state index contributed by atoms with van der Waals surface area (Å²) in [5.74, 6) is 1.43. The molecule has 3 aromatic rings. The first-order chi connectivity index (χ1) is 11.5. The second-order valence-electron chi connectivity index (χ2n) is 6.15. The lowest BCUT2D eigenvalue weighted by Gasteiger charge is -2.13. The van der Waals surface area contributed by atoms with Crippen LogP contribution in [0, 0.1) is 6.92 Å². The van der Waals surface area contributed by atoms with Gasteiger partial charge in [-0.05, 0) is 56.9 Å². The van der Waals surface area contributed by atoms with Crippen molar-refractivity contribution in [2.45, 2.75) is 13.5 Å². The lowest BCUT2D eigenvalue weighted by atomic mass is 10.1. The summed E-state index contributed by atoms with van der Waals surface area (Å²) in [5.41, 5.74) is 5.29. The molecule has 0 atom stereocenters. The van der Waals surface area contributed by atoms with Gasteiger partial charge in [0.25, 0.3) is 0 Å². The monoisotopic (exact) mass is 325 g/mol. The van der Waals surface area contributed by atoms with E-state index < -0.39 is 0 Å². The zero-order valence-corrected chi connectivity index (χ0v) is 14.8. The van der Waals surface area contributed by atoms with Gasteiger partial charge in [0.2, 0.25) is 0 Å². The van der Waals surface area contributed by atoms with Crippen molar-refractivity contribution in [3.05, 3.63) is 47.8 Å². The zero-order valence-electron chi connectivity index (χ0n) is 14.8. The lowest BCUT2D eigenvalue weighted by molar-refractivity contribution is 0.355. The van der Waals surface area contributed by atoms with Crippen LogP contribution in [0.2, 0.25) is 0 Å². The number of methoxy groups -OCH3 is 2. The zero-order chi connectivity index (χ0) is 17.3. The van der Waals surface area contributed by atoms with Crippen LogP contribution in [0.4, 0.5) is 0 Å². The standard InChI is InChI=1S/C19H23N3O2/c1-13-8-9-22-15(12-21(2)3)19(20-18(22)10-13)14-6-7-16(23-4)17(11-14)24-5/h6-11H,12H2,1-5H3. The molecular formula is C19H23N3O2. The average molecular weight is 325 g/mol. The second kappa shape index (κ2) is 6.53. The van der Waals surface area contributed by atoms with Crippen LogP contribution in [0.5, 0.6) is 11.5 Å². The topological polar surface area (TPSA) is 39.0 Å². The van der Waals surface area contributed by atoms with E-state index in [1.807, 2.05) is 18.2 Å². The number of aryl methyl sites for hydroxylation is 1. The van der Waals surface area contributed by atoms with Crippen LogP contribution in [0.3, 0.4) is 0 Å². The Balaban J connectivity index is 2.21. The summed E-state index contributed by atoms with van der Waals surface area (Å²) < 4.78 is 12.9. The molecule has 5 heteroatoms. The summed E-state index contributed by atoms with van der Waals surface area (Å²) >= 11 is 0. The normalized spacial score (nSPS) is 11.2. The van der Waals surface area contributed by atoms with Gasteiger partial charge in [0.1, 0.15) is 5.65 Å². The highest BCUT2D eigenvalue weighted by Gasteiger charge is 2.16. The van der Waals surface area contributed by atoms with Crippen molar-refractivity contribution >= 4 is 5.65 Å². The van der Waals surface area contributed by atoms with Crippen molar-refractivity contribution in [3.8, 4) is 22.8 Å². The number of fused-ring (bicyclic) bond motifs is 1. The Hall–Kier alpha value is -2.53. The van der Waals surface area contributed by atoms with E-state index in [1.165, 1.54) is 5.56 Å². The van der Waals surface area contributed by atoms with Crippen molar-refractivity contribution < 1.29 is 9.47 Å². The maximum Gasteiger partial charge on any atom is 0.161 e. The predicted molar refractivity (Wildman–Crippen MR) is 95.9 cm³/mol. The quantitative estimate of drug-likeness (QED) is 0.721. The number of pyridine rings is 1. The number of nitrogens with zero attached hydrogens (tertiary/aromatic N) is 3. The molecule has 0 fully saturated rings. The van der Waals surface area contributed by atoms with Crippen LogP contribution in [-0.2, 0) is 6.54 Å². The molecule has 0 bridgehead atoms. The minimum absolute atomic E-state index is 0.707. The van der Waals surface area contributed by atoms with Crippen LogP contribution in [0.1, 0.15) is 11.3 Å². The minimum Gasteiger partial charge on any atom is -0.493 e. The summed E-state index contributed by atoms with van der Waals surface area (Å²) in [6, 6.07) is 10.1. The molecule has 0 radical (unpaired) electrons. The molecule has 0 aliphatic rings. The lowest BCUT2D eigenvalue weighted by Crippen LogP contribution is -2.13. The first-order valence-electron chi connectivity index (χ1n) is 7.88. The molecule has 0 spiro atoms. The van der Waals surface area contributed by atoms with E-state index in [9.17, 15) is 0 Å². The summed E-state index contributed by atoms with van der Waals surface area (Å²) in [6.07, 6.45) is 2.08. The van der Waals surface area contributed by atoms with Gasteiger partial charge in [-0.25, -0.2) is 4.98 Å². The number of rotatable bonds is 5. The van der Waals surface area contributed by atoms with Crippen LogP contribution < -0.4 is 9.47 Å². The Bertz CT molecular complexity index is 868. The van der Waals surface area contributed by atoms with Crippen LogP contribution in [-0.4, -0.2) is 42.6 Å².